The van der Waals surface area contributed by atoms with Gasteiger partial charge in [0.15, 0.2) is 18.4 Å². The summed E-state index contributed by atoms with van der Waals surface area (Å²) in [5.74, 6) is -1.57. The molecule has 298 valence electrons. The molecule has 10 heteroatoms. The van der Waals surface area contributed by atoms with Crippen LogP contribution in [0.2, 0.25) is 0 Å². The summed E-state index contributed by atoms with van der Waals surface area (Å²) in [4.78, 5) is 55.5. The van der Waals surface area contributed by atoms with Crippen molar-refractivity contribution < 1.29 is 48.0 Å². The third-order valence-electron chi connectivity index (χ3n) is 18.0. The van der Waals surface area contributed by atoms with Crippen molar-refractivity contribution in [1.29, 1.82) is 0 Å². The molecule has 1 N–H and O–H groups in total. The summed E-state index contributed by atoms with van der Waals surface area (Å²) in [5.41, 5.74) is -4.48. The second-order valence-corrected chi connectivity index (χ2v) is 21.4. The number of epoxide rings is 1. The number of ketones is 2. The lowest BCUT2D eigenvalue weighted by molar-refractivity contribution is -0.315. The van der Waals surface area contributed by atoms with Crippen molar-refractivity contribution in [2.24, 2.45) is 68.0 Å². The second-order valence-electron chi connectivity index (χ2n) is 21.4. The number of hydrogen-bond acceptors (Lipinski definition) is 10. The molecule has 0 amide bonds. The lowest BCUT2D eigenvalue weighted by atomic mass is 9.40. The van der Waals surface area contributed by atoms with Gasteiger partial charge in [-0.05, 0) is 97.4 Å². The molecule has 9 fully saturated rings. The molecule has 7 aliphatic carbocycles. The van der Waals surface area contributed by atoms with Crippen LogP contribution in [0.3, 0.4) is 0 Å². The molecule has 17 atom stereocenters. The number of allylic oxidation sites excluding steroid dienone is 1. The maximum atomic E-state index is 15.4. The van der Waals surface area contributed by atoms with Crippen LogP contribution in [0.5, 0.6) is 0 Å². The number of hydrogen-bond donors (Lipinski definition) is 1. The van der Waals surface area contributed by atoms with Crippen molar-refractivity contribution in [2.45, 2.75) is 169 Å². The van der Waals surface area contributed by atoms with Gasteiger partial charge in [-0.3, -0.25) is 19.2 Å². The van der Waals surface area contributed by atoms with Crippen LogP contribution in [0, 0.1) is 68.0 Å². The van der Waals surface area contributed by atoms with Gasteiger partial charge in [0, 0.05) is 42.4 Å². The van der Waals surface area contributed by atoms with E-state index < -0.39 is 76.0 Å². The second kappa shape index (κ2) is 11.3. The van der Waals surface area contributed by atoms with Crippen LogP contribution in [0.15, 0.2) is 12.2 Å². The molecular weight excluding hydrogens is 688 g/mol. The number of rotatable bonds is 4. The van der Waals surface area contributed by atoms with Crippen molar-refractivity contribution >= 4 is 23.5 Å². The summed E-state index contributed by atoms with van der Waals surface area (Å²) in [6.07, 6.45) is 2.54. The minimum Gasteiger partial charge on any atom is -0.459 e. The van der Waals surface area contributed by atoms with Gasteiger partial charge in [-0.25, -0.2) is 0 Å². The monoisotopic (exact) mass is 750 g/mol. The summed E-state index contributed by atoms with van der Waals surface area (Å²) < 4.78 is 33.8. The summed E-state index contributed by atoms with van der Waals surface area (Å²) in [5, 5.41) is 12.6. The van der Waals surface area contributed by atoms with Crippen molar-refractivity contribution in [2.75, 3.05) is 0 Å². The molecule has 0 aromatic heterocycles. The van der Waals surface area contributed by atoms with E-state index in [1.165, 1.54) is 13.8 Å². The predicted octanol–water partition coefficient (Wildman–Crippen LogP) is 6.49. The fraction of sp³-hybridized carbons (Fsp3) is 0.864. The normalized spacial score (nSPS) is 54.6. The first kappa shape index (κ1) is 37.4. The summed E-state index contributed by atoms with van der Waals surface area (Å²) in [6, 6.07) is 0. The van der Waals surface area contributed by atoms with Gasteiger partial charge < -0.3 is 28.8 Å². The highest BCUT2D eigenvalue weighted by atomic mass is 16.7. The fourth-order valence-electron chi connectivity index (χ4n) is 16.6. The molecular formula is C44H62O10. The Kier molecular flexibility index (Phi) is 7.82. The molecule has 9 aliphatic rings. The first-order valence-electron chi connectivity index (χ1n) is 20.9. The Labute approximate surface area is 320 Å². The van der Waals surface area contributed by atoms with Gasteiger partial charge in [0.1, 0.15) is 29.0 Å². The van der Waals surface area contributed by atoms with Crippen molar-refractivity contribution in [3.63, 3.8) is 0 Å². The standard InChI is InChI=1S/C44H62O10/c1-21-25-16-27(31-40(9)14-11-13-38(5,6)29(40)12-15-42(31,18-25)33(21)47)52-37-43-19-26(22(2)34(43)48)17-30-44(43,54-30)41(10)32(36(49)53-37)39(7,8)20-28(50-23(3)45)35(41)51-24(4)46/h22,25-32,35-37,49H,1,11-20H2,2-10H3/t22-,25-,26-,27+,28+,29-,30+,31?,32-,35+,36-,37-,40-,41+,42-,43+,44+/m1/s1. The van der Waals surface area contributed by atoms with Gasteiger partial charge in [-0.1, -0.05) is 61.5 Å². The molecule has 7 saturated carbocycles. The third kappa shape index (κ3) is 4.33. The van der Waals surface area contributed by atoms with E-state index in [-0.39, 0.29) is 52.2 Å². The Bertz CT molecular complexity index is 1720. The Morgan fingerprint density at radius 2 is 1.57 bits per heavy atom. The van der Waals surface area contributed by atoms with Crippen LogP contribution < -0.4 is 0 Å². The fourth-order valence-corrected chi connectivity index (χ4v) is 16.6. The third-order valence-corrected chi connectivity index (χ3v) is 18.0. The lowest BCUT2D eigenvalue weighted by Gasteiger charge is -2.65. The Morgan fingerprint density at radius 3 is 2.26 bits per heavy atom. The van der Waals surface area contributed by atoms with Crippen LogP contribution in [0.25, 0.3) is 0 Å². The van der Waals surface area contributed by atoms with E-state index in [4.69, 9.17) is 23.7 Å². The highest BCUT2D eigenvalue weighted by Gasteiger charge is 2.91. The molecule has 3 spiro atoms. The number of aliphatic hydroxyl groups excluding tert-OH is 1. The summed E-state index contributed by atoms with van der Waals surface area (Å²) in [7, 11) is 0. The van der Waals surface area contributed by atoms with E-state index in [2.05, 4.69) is 27.4 Å². The molecule has 4 bridgehead atoms. The highest BCUT2D eigenvalue weighted by Crippen LogP contribution is 2.80. The average molecular weight is 751 g/mol. The largest absolute Gasteiger partial charge is 0.459 e. The highest BCUT2D eigenvalue weighted by molar-refractivity contribution is 6.03. The number of esters is 2. The Balaban J connectivity index is 1.22. The van der Waals surface area contributed by atoms with E-state index in [9.17, 15) is 19.5 Å². The van der Waals surface area contributed by atoms with Crippen LogP contribution in [0.1, 0.15) is 127 Å². The predicted molar refractivity (Wildman–Crippen MR) is 195 cm³/mol. The molecule has 1 unspecified atom stereocenters. The van der Waals surface area contributed by atoms with Crippen LogP contribution in [-0.2, 0) is 42.9 Å². The first-order chi connectivity index (χ1) is 25.1. The van der Waals surface area contributed by atoms with E-state index in [0.29, 0.717) is 37.2 Å². The first-order valence-corrected chi connectivity index (χ1v) is 20.9. The minimum atomic E-state index is -1.43. The number of aliphatic hydroxyl groups is 1. The number of Topliss-reactive ketones (excluding diaryl/α,β-unsaturated/α-hetero) is 2. The van der Waals surface area contributed by atoms with Crippen molar-refractivity contribution in [3.05, 3.63) is 12.2 Å². The molecule has 0 aromatic carbocycles. The SMILES string of the molecule is C=C1C(=O)[C@@]23CC[C@@H]4C(C)(C)CCC[C@@]4(C)C2[C@@H](O[C@@H]2O[C@@H](O)[C@@H]4C(C)(C)C[C@H](OC(C)=O)[C@H](OC(C)=O)[C@@]4(C)[C@@]45O[C@H]4C[C@@H]4C[C@]25C(=O)[C@@H]4C)C[C@@H]1C3. The molecule has 0 radical (unpaired) electrons. The van der Waals surface area contributed by atoms with Gasteiger partial charge in [0.05, 0.1) is 12.2 Å². The summed E-state index contributed by atoms with van der Waals surface area (Å²) in [6.45, 7) is 22.2. The van der Waals surface area contributed by atoms with Crippen LogP contribution >= 0.6 is 0 Å². The van der Waals surface area contributed by atoms with Gasteiger partial charge in [0.2, 0.25) is 0 Å². The molecule has 10 nitrogen and oxygen atoms in total. The Morgan fingerprint density at radius 1 is 0.870 bits per heavy atom. The molecule has 2 heterocycles. The molecule has 2 aliphatic heterocycles. The van der Waals surface area contributed by atoms with E-state index in [1.54, 1.807) is 0 Å². The quantitative estimate of drug-likeness (QED) is 0.193. The van der Waals surface area contributed by atoms with Gasteiger partial charge in [-0.2, -0.15) is 0 Å². The minimum absolute atomic E-state index is 0.0129. The maximum absolute atomic E-state index is 15.4. The topological polar surface area (TPSA) is 138 Å². The van der Waals surface area contributed by atoms with Crippen molar-refractivity contribution in [3.8, 4) is 0 Å². The van der Waals surface area contributed by atoms with E-state index in [1.807, 2.05) is 27.7 Å². The van der Waals surface area contributed by atoms with Crippen LogP contribution in [-0.4, -0.2) is 71.2 Å². The van der Waals surface area contributed by atoms with E-state index >= 15 is 4.79 Å². The Hall–Kier alpha value is -2.14. The molecule has 0 aromatic rings. The zero-order valence-corrected chi connectivity index (χ0v) is 33.8. The summed E-state index contributed by atoms with van der Waals surface area (Å²) >= 11 is 0. The maximum Gasteiger partial charge on any atom is 0.303 e. The van der Waals surface area contributed by atoms with Crippen LogP contribution in [0.4, 0.5) is 0 Å². The number of carbonyl (C=O) groups excluding carboxylic acids is 4. The number of ether oxygens (including phenoxy) is 5. The van der Waals surface area contributed by atoms with Crippen molar-refractivity contribution in [1.82, 2.24) is 0 Å². The van der Waals surface area contributed by atoms with Gasteiger partial charge in [-0.15, -0.1) is 0 Å². The number of fused-ring (bicyclic) bond motifs is 5. The van der Waals surface area contributed by atoms with E-state index in [0.717, 1.165) is 38.5 Å². The molecule has 9 rings (SSSR count). The lowest BCUT2D eigenvalue weighted by Crippen LogP contribution is -2.71. The van der Waals surface area contributed by atoms with Gasteiger partial charge >= 0.3 is 11.9 Å². The van der Waals surface area contributed by atoms with Gasteiger partial charge in [0.25, 0.3) is 0 Å². The average Bonchev–Trinajstić information content (AvgIpc) is 3.75. The zero-order valence-electron chi connectivity index (χ0n) is 33.8. The smallest absolute Gasteiger partial charge is 0.303 e. The molecule has 2 saturated heterocycles. The zero-order chi connectivity index (χ0) is 38.9. The molecule has 54 heavy (non-hydrogen) atoms. The number of carbonyl (C=O) groups is 4.